The van der Waals surface area contributed by atoms with Crippen molar-refractivity contribution in [2.75, 3.05) is 13.7 Å². The number of thiocarbonyl (C=S) groups is 1. The lowest BCUT2D eigenvalue weighted by Crippen LogP contribution is -2.33. The molecular weight excluding hydrogens is 362 g/mol. The average Bonchev–Trinajstić information content (AvgIpc) is 2.83. The van der Waals surface area contributed by atoms with Crippen LogP contribution in [0.5, 0.6) is 11.5 Å². The highest BCUT2D eigenvalue weighted by atomic mass is 32.2. The van der Waals surface area contributed by atoms with Crippen molar-refractivity contribution in [1.82, 2.24) is 4.90 Å². The largest absolute Gasteiger partial charge is 0.493 e. The minimum Gasteiger partial charge on any atom is -0.493 e. The lowest BCUT2D eigenvalue weighted by Gasteiger charge is -2.15. The van der Waals surface area contributed by atoms with Gasteiger partial charge in [0.25, 0.3) is 5.91 Å². The van der Waals surface area contributed by atoms with Gasteiger partial charge >= 0.3 is 5.97 Å². The third-order valence-corrected chi connectivity index (χ3v) is 4.93. The summed E-state index contributed by atoms with van der Waals surface area (Å²) in [7, 11) is 1.55. The highest BCUT2D eigenvalue weighted by Gasteiger charge is 2.33. The number of hydrogen-bond acceptors (Lipinski definition) is 6. The van der Waals surface area contributed by atoms with Crippen LogP contribution in [-0.2, 0) is 9.59 Å². The molecule has 0 spiro atoms. The Morgan fingerprint density at radius 2 is 2.16 bits per heavy atom. The van der Waals surface area contributed by atoms with Crippen LogP contribution >= 0.6 is 24.0 Å². The molecule has 1 aliphatic heterocycles. The van der Waals surface area contributed by atoms with Gasteiger partial charge in [0.1, 0.15) is 10.9 Å². The summed E-state index contributed by atoms with van der Waals surface area (Å²) in [6, 6.07) is 5.36. The standard InChI is InChI=1S/C17H19NO5S2/c1-4-10(2)23-12-6-5-11(7-13(12)22-3)8-14-16(21)18(9-15(19)20)17(24)25-14/h5-8,10H,4,9H2,1-3H3,(H,19,20)/b14-8+/t10-/m0/s1. The van der Waals surface area contributed by atoms with E-state index in [-0.39, 0.29) is 10.4 Å². The van der Waals surface area contributed by atoms with E-state index in [9.17, 15) is 9.59 Å². The van der Waals surface area contributed by atoms with Gasteiger partial charge in [0, 0.05) is 0 Å². The second kappa shape index (κ2) is 8.35. The molecule has 1 amide bonds. The number of carbonyl (C=O) groups is 2. The maximum atomic E-state index is 12.3. The van der Waals surface area contributed by atoms with Crippen molar-refractivity contribution in [3.8, 4) is 11.5 Å². The summed E-state index contributed by atoms with van der Waals surface area (Å²) in [5.74, 6) is -0.315. The number of rotatable bonds is 7. The summed E-state index contributed by atoms with van der Waals surface area (Å²) >= 11 is 6.16. The SMILES string of the molecule is CC[C@H](C)Oc1ccc(/C=C2/SC(=S)N(CC(=O)O)C2=O)cc1OC. The van der Waals surface area contributed by atoms with Gasteiger partial charge in [-0.1, -0.05) is 37.0 Å². The highest BCUT2D eigenvalue weighted by Crippen LogP contribution is 2.35. The third-order valence-electron chi connectivity index (χ3n) is 3.56. The molecule has 0 aromatic heterocycles. The molecule has 134 valence electrons. The van der Waals surface area contributed by atoms with Crippen molar-refractivity contribution >= 4 is 46.3 Å². The number of hydrogen-bond donors (Lipinski definition) is 1. The van der Waals surface area contributed by atoms with Crippen LogP contribution in [0, 0.1) is 0 Å². The molecule has 1 N–H and O–H groups in total. The Hall–Kier alpha value is -2.06. The molecule has 25 heavy (non-hydrogen) atoms. The van der Waals surface area contributed by atoms with Crippen molar-refractivity contribution < 1.29 is 24.2 Å². The first-order valence-corrected chi connectivity index (χ1v) is 8.90. The normalized spacial score (nSPS) is 17.1. The van der Waals surface area contributed by atoms with E-state index in [1.165, 1.54) is 0 Å². The number of methoxy groups -OCH3 is 1. The van der Waals surface area contributed by atoms with E-state index in [1.807, 2.05) is 19.9 Å². The third kappa shape index (κ3) is 4.73. The summed E-state index contributed by atoms with van der Waals surface area (Å²) in [4.78, 5) is 24.6. The van der Waals surface area contributed by atoms with Crippen molar-refractivity contribution in [3.63, 3.8) is 0 Å². The predicted molar refractivity (Wildman–Crippen MR) is 101 cm³/mol. The van der Waals surface area contributed by atoms with E-state index in [1.54, 1.807) is 25.3 Å². The second-order valence-electron chi connectivity index (χ2n) is 5.41. The lowest BCUT2D eigenvalue weighted by molar-refractivity contribution is -0.140. The number of ether oxygens (including phenoxy) is 2. The molecule has 1 atom stereocenters. The molecule has 1 aliphatic rings. The van der Waals surface area contributed by atoms with Gasteiger partial charge in [-0.3, -0.25) is 14.5 Å². The van der Waals surface area contributed by atoms with Crippen LogP contribution in [0.15, 0.2) is 23.1 Å². The number of thioether (sulfide) groups is 1. The smallest absolute Gasteiger partial charge is 0.323 e. The molecule has 1 aromatic rings. The maximum Gasteiger partial charge on any atom is 0.323 e. The summed E-state index contributed by atoms with van der Waals surface area (Å²) in [6.45, 7) is 3.57. The number of aliphatic carboxylic acids is 1. The van der Waals surface area contributed by atoms with E-state index >= 15 is 0 Å². The average molecular weight is 381 g/mol. The maximum absolute atomic E-state index is 12.3. The zero-order chi connectivity index (χ0) is 18.6. The molecular formula is C17H19NO5S2. The van der Waals surface area contributed by atoms with Gasteiger partial charge in [-0.2, -0.15) is 0 Å². The van der Waals surface area contributed by atoms with E-state index in [2.05, 4.69) is 0 Å². The predicted octanol–water partition coefficient (Wildman–Crippen LogP) is 3.16. The summed E-state index contributed by atoms with van der Waals surface area (Å²) in [6.07, 6.45) is 2.60. The van der Waals surface area contributed by atoms with Crippen molar-refractivity contribution in [2.24, 2.45) is 0 Å². The Labute approximate surface area is 155 Å². The van der Waals surface area contributed by atoms with Gasteiger partial charge in [0.05, 0.1) is 18.1 Å². The van der Waals surface area contributed by atoms with Gasteiger partial charge in [0.15, 0.2) is 11.5 Å². The molecule has 0 aliphatic carbocycles. The van der Waals surface area contributed by atoms with Crippen molar-refractivity contribution in [1.29, 1.82) is 0 Å². The zero-order valence-electron chi connectivity index (χ0n) is 14.1. The molecule has 0 unspecified atom stereocenters. The van der Waals surface area contributed by atoms with Gasteiger partial charge in [-0.15, -0.1) is 0 Å². The number of benzene rings is 1. The summed E-state index contributed by atoms with van der Waals surface area (Å²) in [5, 5.41) is 8.86. The Morgan fingerprint density at radius 1 is 1.44 bits per heavy atom. The van der Waals surface area contributed by atoms with Crippen LogP contribution in [0.1, 0.15) is 25.8 Å². The first-order chi connectivity index (χ1) is 11.8. The summed E-state index contributed by atoms with van der Waals surface area (Å²) in [5.41, 5.74) is 0.740. The van der Waals surface area contributed by atoms with Gasteiger partial charge in [-0.25, -0.2) is 0 Å². The molecule has 0 radical (unpaired) electrons. The molecule has 0 bridgehead atoms. The minimum atomic E-state index is -1.11. The number of carboxylic acids is 1. The summed E-state index contributed by atoms with van der Waals surface area (Å²) < 4.78 is 11.4. The van der Waals surface area contributed by atoms with E-state index in [4.69, 9.17) is 26.8 Å². The monoisotopic (exact) mass is 381 g/mol. The van der Waals surface area contributed by atoms with E-state index in [0.29, 0.717) is 16.4 Å². The fraction of sp³-hybridized carbons (Fsp3) is 0.353. The van der Waals surface area contributed by atoms with Crippen LogP contribution < -0.4 is 9.47 Å². The fourth-order valence-electron chi connectivity index (χ4n) is 2.09. The Bertz CT molecular complexity index is 732. The van der Waals surface area contributed by atoms with Crippen LogP contribution in [0.4, 0.5) is 0 Å². The molecule has 1 heterocycles. The number of carbonyl (C=O) groups excluding carboxylic acids is 1. The van der Waals surface area contributed by atoms with Gasteiger partial charge in [0.2, 0.25) is 0 Å². The Balaban J connectivity index is 2.25. The number of carboxylic acid groups (broad SMARTS) is 1. The molecule has 1 aromatic carbocycles. The zero-order valence-corrected chi connectivity index (χ0v) is 15.8. The Morgan fingerprint density at radius 3 is 2.76 bits per heavy atom. The Kier molecular flexibility index (Phi) is 6.44. The highest BCUT2D eigenvalue weighted by molar-refractivity contribution is 8.26. The first-order valence-electron chi connectivity index (χ1n) is 7.67. The molecule has 6 nitrogen and oxygen atoms in total. The molecule has 1 fully saturated rings. The molecule has 8 heteroatoms. The van der Waals surface area contributed by atoms with Gasteiger partial charge in [-0.05, 0) is 37.1 Å². The van der Waals surface area contributed by atoms with Crippen molar-refractivity contribution in [2.45, 2.75) is 26.4 Å². The number of nitrogens with zero attached hydrogens (tertiary/aromatic N) is 1. The first kappa shape index (κ1) is 19.3. The van der Waals surface area contributed by atoms with Crippen LogP contribution in [0.25, 0.3) is 6.08 Å². The van der Waals surface area contributed by atoms with Crippen LogP contribution in [-0.4, -0.2) is 46.0 Å². The molecule has 0 saturated carbocycles. The molecule has 2 rings (SSSR count). The molecule has 1 saturated heterocycles. The van der Waals surface area contributed by atoms with Crippen LogP contribution in [0.3, 0.4) is 0 Å². The lowest BCUT2D eigenvalue weighted by atomic mass is 10.1. The topological polar surface area (TPSA) is 76.1 Å². The quantitative estimate of drug-likeness (QED) is 0.574. The van der Waals surface area contributed by atoms with E-state index < -0.39 is 18.4 Å². The van der Waals surface area contributed by atoms with Gasteiger partial charge < -0.3 is 14.6 Å². The second-order valence-corrected chi connectivity index (χ2v) is 7.08. The van der Waals surface area contributed by atoms with Crippen LogP contribution in [0.2, 0.25) is 0 Å². The van der Waals surface area contributed by atoms with E-state index in [0.717, 1.165) is 28.6 Å². The minimum absolute atomic E-state index is 0.0621. The fourth-order valence-corrected chi connectivity index (χ4v) is 3.35. The van der Waals surface area contributed by atoms with Crippen molar-refractivity contribution in [3.05, 3.63) is 28.7 Å². The number of amides is 1.